The number of rotatable bonds is 3. The number of amides is 1. The Balaban J connectivity index is 2.10. The first-order valence-corrected chi connectivity index (χ1v) is 6.31. The lowest BCUT2D eigenvalue weighted by molar-refractivity contribution is -0.145. The van der Waals surface area contributed by atoms with Gasteiger partial charge < -0.3 is 19.4 Å². The summed E-state index contributed by atoms with van der Waals surface area (Å²) in [6.07, 6.45) is 0.633. The van der Waals surface area contributed by atoms with Crippen LogP contribution in [0.3, 0.4) is 0 Å². The average molecular weight is 297 g/mol. The molecule has 1 unspecified atom stereocenters. The average Bonchev–Trinajstić information content (AvgIpc) is 2.47. The summed E-state index contributed by atoms with van der Waals surface area (Å²) in [7, 11) is 1.27. The molecule has 1 saturated heterocycles. The highest BCUT2D eigenvalue weighted by Crippen LogP contribution is 2.11. The second-order valence-electron chi connectivity index (χ2n) is 4.51. The van der Waals surface area contributed by atoms with Gasteiger partial charge in [-0.25, -0.2) is 4.79 Å². The Morgan fingerprint density at radius 3 is 2.90 bits per heavy atom. The van der Waals surface area contributed by atoms with Crippen LogP contribution in [0, 0.1) is 0 Å². The number of aromatic amines is 2. The normalized spacial score (nSPS) is 18.3. The summed E-state index contributed by atoms with van der Waals surface area (Å²) in [6, 6.07) is 0. The molecule has 114 valence electrons. The third-order valence-corrected chi connectivity index (χ3v) is 3.10. The minimum Gasteiger partial charge on any atom is -0.469 e. The number of H-pyrrole nitrogens is 2. The third kappa shape index (κ3) is 3.57. The molecular formula is C12H15N3O6. The number of aromatic nitrogens is 2. The fourth-order valence-corrected chi connectivity index (χ4v) is 2.04. The van der Waals surface area contributed by atoms with Crippen molar-refractivity contribution in [3.8, 4) is 0 Å². The number of hydrogen-bond acceptors (Lipinski definition) is 6. The van der Waals surface area contributed by atoms with Crippen molar-refractivity contribution < 1.29 is 19.1 Å². The van der Waals surface area contributed by atoms with Crippen LogP contribution in [0.15, 0.2) is 15.8 Å². The molecule has 9 heteroatoms. The first-order chi connectivity index (χ1) is 10.0. The SMILES string of the molecule is COC(=O)CC1CN(C(=O)c2c[nH]c(=O)[nH]c2=O)CCO1. The van der Waals surface area contributed by atoms with Crippen molar-refractivity contribution in [1.82, 2.24) is 14.9 Å². The highest BCUT2D eigenvalue weighted by molar-refractivity contribution is 5.93. The van der Waals surface area contributed by atoms with Gasteiger partial charge in [-0.15, -0.1) is 0 Å². The molecule has 1 atom stereocenters. The highest BCUT2D eigenvalue weighted by Gasteiger charge is 2.28. The van der Waals surface area contributed by atoms with Crippen LogP contribution in [0.1, 0.15) is 16.8 Å². The lowest BCUT2D eigenvalue weighted by Gasteiger charge is -2.32. The fraction of sp³-hybridized carbons (Fsp3) is 0.500. The topological polar surface area (TPSA) is 122 Å². The zero-order valence-electron chi connectivity index (χ0n) is 11.4. The quantitative estimate of drug-likeness (QED) is 0.653. The van der Waals surface area contributed by atoms with Crippen LogP contribution in [-0.2, 0) is 14.3 Å². The molecule has 1 aliphatic heterocycles. The molecule has 2 heterocycles. The second kappa shape index (κ2) is 6.35. The molecule has 21 heavy (non-hydrogen) atoms. The predicted molar refractivity (Wildman–Crippen MR) is 70.0 cm³/mol. The van der Waals surface area contributed by atoms with Gasteiger partial charge in [-0.2, -0.15) is 0 Å². The van der Waals surface area contributed by atoms with Crippen molar-refractivity contribution in [2.75, 3.05) is 26.8 Å². The maximum Gasteiger partial charge on any atom is 0.325 e. The highest BCUT2D eigenvalue weighted by atomic mass is 16.5. The Bertz CT molecular complexity index is 649. The summed E-state index contributed by atoms with van der Waals surface area (Å²) < 4.78 is 9.93. The van der Waals surface area contributed by atoms with Gasteiger partial charge in [-0.05, 0) is 0 Å². The molecule has 0 radical (unpaired) electrons. The fourth-order valence-electron chi connectivity index (χ4n) is 2.04. The van der Waals surface area contributed by atoms with Crippen LogP contribution in [0.5, 0.6) is 0 Å². The van der Waals surface area contributed by atoms with Gasteiger partial charge in [-0.1, -0.05) is 0 Å². The van der Waals surface area contributed by atoms with Gasteiger partial charge in [0.25, 0.3) is 11.5 Å². The zero-order chi connectivity index (χ0) is 15.4. The Labute approximate surface area is 118 Å². The van der Waals surface area contributed by atoms with Crippen LogP contribution in [0.2, 0.25) is 0 Å². The molecule has 0 aromatic carbocycles. The van der Waals surface area contributed by atoms with E-state index in [-0.39, 0.29) is 25.1 Å². The van der Waals surface area contributed by atoms with Gasteiger partial charge in [0, 0.05) is 19.3 Å². The third-order valence-electron chi connectivity index (χ3n) is 3.10. The number of carbonyl (C=O) groups excluding carboxylic acids is 2. The van der Waals surface area contributed by atoms with Crippen LogP contribution >= 0.6 is 0 Å². The van der Waals surface area contributed by atoms with E-state index in [4.69, 9.17) is 4.74 Å². The summed E-state index contributed by atoms with van der Waals surface area (Å²) in [5.41, 5.74) is -1.59. The molecule has 2 rings (SSSR count). The lowest BCUT2D eigenvalue weighted by atomic mass is 10.2. The van der Waals surface area contributed by atoms with E-state index < -0.39 is 29.2 Å². The molecule has 0 aliphatic carbocycles. The summed E-state index contributed by atoms with van der Waals surface area (Å²) >= 11 is 0. The molecule has 1 fully saturated rings. The lowest BCUT2D eigenvalue weighted by Crippen LogP contribution is -2.47. The Morgan fingerprint density at radius 1 is 1.48 bits per heavy atom. The predicted octanol–water partition coefficient (Wildman–Crippen LogP) is -1.53. The molecule has 9 nitrogen and oxygen atoms in total. The number of methoxy groups -OCH3 is 1. The van der Waals surface area contributed by atoms with Gasteiger partial charge >= 0.3 is 11.7 Å². The number of nitrogens with zero attached hydrogens (tertiary/aromatic N) is 1. The molecule has 1 aliphatic rings. The number of carbonyl (C=O) groups is 2. The maximum absolute atomic E-state index is 12.2. The Hall–Kier alpha value is -2.42. The van der Waals surface area contributed by atoms with Crippen LogP contribution in [-0.4, -0.2) is 59.7 Å². The van der Waals surface area contributed by atoms with Crippen molar-refractivity contribution in [2.24, 2.45) is 0 Å². The van der Waals surface area contributed by atoms with Crippen molar-refractivity contribution in [2.45, 2.75) is 12.5 Å². The number of esters is 1. The molecule has 1 aromatic rings. The minimum absolute atomic E-state index is 0.0300. The van der Waals surface area contributed by atoms with Crippen LogP contribution in [0.4, 0.5) is 0 Å². The Morgan fingerprint density at radius 2 is 2.24 bits per heavy atom. The maximum atomic E-state index is 12.2. The van der Waals surface area contributed by atoms with Crippen LogP contribution in [0.25, 0.3) is 0 Å². The monoisotopic (exact) mass is 297 g/mol. The second-order valence-corrected chi connectivity index (χ2v) is 4.51. The molecule has 0 spiro atoms. The van der Waals surface area contributed by atoms with Crippen molar-refractivity contribution in [3.05, 3.63) is 32.6 Å². The van der Waals surface area contributed by atoms with Gasteiger partial charge in [0.2, 0.25) is 0 Å². The van der Waals surface area contributed by atoms with Gasteiger partial charge in [0.1, 0.15) is 5.56 Å². The minimum atomic E-state index is -0.750. The Kier molecular flexibility index (Phi) is 4.53. The number of ether oxygens (including phenoxy) is 2. The molecule has 1 aromatic heterocycles. The van der Waals surface area contributed by atoms with Crippen LogP contribution < -0.4 is 11.2 Å². The van der Waals surface area contributed by atoms with Crippen molar-refractivity contribution >= 4 is 11.9 Å². The van der Waals surface area contributed by atoms with Gasteiger partial charge in [-0.3, -0.25) is 19.4 Å². The van der Waals surface area contributed by atoms with E-state index in [0.717, 1.165) is 6.20 Å². The van der Waals surface area contributed by atoms with E-state index >= 15 is 0 Å². The van der Waals surface area contributed by atoms with Crippen molar-refractivity contribution in [1.29, 1.82) is 0 Å². The molecule has 0 saturated carbocycles. The van der Waals surface area contributed by atoms with Gasteiger partial charge in [0.05, 0.1) is 26.2 Å². The standard InChI is InChI=1S/C12H15N3O6/c1-20-9(16)4-7-6-15(2-3-21-7)11(18)8-5-13-12(19)14-10(8)17/h5,7H,2-4,6H2,1H3,(H2,13,14,17,19). The smallest absolute Gasteiger partial charge is 0.325 e. The largest absolute Gasteiger partial charge is 0.469 e. The molecule has 1 amide bonds. The number of morpholine rings is 1. The van der Waals surface area contributed by atoms with E-state index in [0.29, 0.717) is 6.54 Å². The first kappa shape index (κ1) is 15.0. The molecule has 0 bridgehead atoms. The van der Waals surface area contributed by atoms with E-state index in [2.05, 4.69) is 9.72 Å². The molecular weight excluding hydrogens is 282 g/mol. The summed E-state index contributed by atoms with van der Waals surface area (Å²) in [4.78, 5) is 51.6. The summed E-state index contributed by atoms with van der Waals surface area (Å²) in [6.45, 7) is 0.732. The number of hydrogen-bond donors (Lipinski definition) is 2. The van der Waals surface area contributed by atoms with E-state index in [9.17, 15) is 19.2 Å². The first-order valence-electron chi connectivity index (χ1n) is 6.31. The van der Waals surface area contributed by atoms with E-state index in [1.165, 1.54) is 12.0 Å². The van der Waals surface area contributed by atoms with E-state index in [1.807, 2.05) is 4.98 Å². The zero-order valence-corrected chi connectivity index (χ0v) is 11.4. The van der Waals surface area contributed by atoms with E-state index in [1.54, 1.807) is 0 Å². The summed E-state index contributed by atoms with van der Waals surface area (Å²) in [5.74, 6) is -0.957. The molecule has 2 N–H and O–H groups in total. The summed E-state index contributed by atoms with van der Waals surface area (Å²) in [5, 5.41) is 0. The van der Waals surface area contributed by atoms with Gasteiger partial charge in [0.15, 0.2) is 0 Å². The number of nitrogens with one attached hydrogen (secondary N) is 2. The van der Waals surface area contributed by atoms with Crippen molar-refractivity contribution in [3.63, 3.8) is 0 Å².